The molecule has 3 aromatic rings. The number of hydrogen-bond acceptors (Lipinski definition) is 5. The highest BCUT2D eigenvalue weighted by atomic mass is 32.1. The lowest BCUT2D eigenvalue weighted by molar-refractivity contribution is -0.137. The van der Waals surface area contributed by atoms with Crippen LogP contribution < -0.4 is 15.4 Å². The number of hydrogen-bond donors (Lipinski definition) is 2. The monoisotopic (exact) mass is 449 g/mol. The van der Waals surface area contributed by atoms with E-state index in [0.29, 0.717) is 16.4 Å². The first kappa shape index (κ1) is 22.3. The topological polar surface area (TPSA) is 80.3 Å². The number of amides is 2. The van der Waals surface area contributed by atoms with Crippen LogP contribution in [0.4, 0.5) is 24.0 Å². The Kier molecular flexibility index (Phi) is 6.59. The molecule has 0 spiro atoms. The first-order valence-electron chi connectivity index (χ1n) is 9.07. The SMILES string of the molecule is Cc1nc(NC(=O)c2ccc(OCC(=O)Nc3cccc(C(F)(F)F)c3)cc2)sc1C. The van der Waals surface area contributed by atoms with Crippen LogP contribution in [0.25, 0.3) is 0 Å². The molecule has 0 fully saturated rings. The molecule has 2 amide bonds. The van der Waals surface area contributed by atoms with Crippen LogP contribution in [0.15, 0.2) is 48.5 Å². The summed E-state index contributed by atoms with van der Waals surface area (Å²) in [5.41, 5.74) is 0.394. The maximum atomic E-state index is 12.7. The number of ether oxygens (including phenoxy) is 1. The van der Waals surface area contributed by atoms with E-state index in [2.05, 4.69) is 15.6 Å². The largest absolute Gasteiger partial charge is 0.484 e. The number of benzene rings is 2. The Morgan fingerprint density at radius 2 is 1.77 bits per heavy atom. The summed E-state index contributed by atoms with van der Waals surface area (Å²) in [6.45, 7) is 3.37. The van der Waals surface area contributed by atoms with Crippen LogP contribution in [-0.4, -0.2) is 23.4 Å². The lowest BCUT2D eigenvalue weighted by Crippen LogP contribution is -2.20. The van der Waals surface area contributed by atoms with Gasteiger partial charge in [-0.15, -0.1) is 11.3 Å². The predicted molar refractivity (Wildman–Crippen MR) is 112 cm³/mol. The van der Waals surface area contributed by atoms with Crippen LogP contribution in [0, 0.1) is 13.8 Å². The maximum absolute atomic E-state index is 12.7. The van der Waals surface area contributed by atoms with E-state index in [4.69, 9.17) is 4.74 Å². The molecule has 0 saturated carbocycles. The smallest absolute Gasteiger partial charge is 0.416 e. The first-order valence-corrected chi connectivity index (χ1v) is 9.89. The molecule has 0 aliphatic heterocycles. The molecule has 6 nitrogen and oxygen atoms in total. The van der Waals surface area contributed by atoms with E-state index in [1.807, 2.05) is 13.8 Å². The van der Waals surface area contributed by atoms with E-state index < -0.39 is 24.3 Å². The maximum Gasteiger partial charge on any atom is 0.416 e. The van der Waals surface area contributed by atoms with Gasteiger partial charge in [-0.25, -0.2) is 4.98 Å². The molecule has 2 aromatic carbocycles. The Bertz CT molecular complexity index is 1080. The van der Waals surface area contributed by atoms with Gasteiger partial charge in [-0.1, -0.05) is 6.07 Å². The minimum atomic E-state index is -4.50. The molecule has 31 heavy (non-hydrogen) atoms. The summed E-state index contributed by atoms with van der Waals surface area (Å²) in [5, 5.41) is 5.58. The Hall–Kier alpha value is -3.40. The van der Waals surface area contributed by atoms with Crippen molar-refractivity contribution >= 4 is 34.0 Å². The second-order valence-corrected chi connectivity index (χ2v) is 7.76. The molecular weight excluding hydrogens is 431 g/mol. The van der Waals surface area contributed by atoms with Crippen molar-refractivity contribution in [3.8, 4) is 5.75 Å². The minimum Gasteiger partial charge on any atom is -0.484 e. The molecular formula is C21H18F3N3O3S. The van der Waals surface area contributed by atoms with E-state index >= 15 is 0 Å². The quantitative estimate of drug-likeness (QED) is 0.552. The molecule has 1 aromatic heterocycles. The van der Waals surface area contributed by atoms with Crippen LogP contribution in [0.3, 0.4) is 0 Å². The molecule has 3 rings (SSSR count). The summed E-state index contributed by atoms with van der Waals surface area (Å²) < 4.78 is 43.5. The summed E-state index contributed by atoms with van der Waals surface area (Å²) in [7, 11) is 0. The van der Waals surface area contributed by atoms with Crippen LogP contribution in [0.5, 0.6) is 5.75 Å². The zero-order valence-electron chi connectivity index (χ0n) is 16.5. The third-order valence-corrected chi connectivity index (χ3v) is 5.20. The van der Waals surface area contributed by atoms with Crippen LogP contribution in [-0.2, 0) is 11.0 Å². The molecule has 0 aliphatic carbocycles. The third-order valence-electron chi connectivity index (χ3n) is 4.21. The van der Waals surface area contributed by atoms with E-state index in [9.17, 15) is 22.8 Å². The lowest BCUT2D eigenvalue weighted by atomic mass is 10.2. The van der Waals surface area contributed by atoms with Crippen molar-refractivity contribution in [3.05, 3.63) is 70.2 Å². The highest BCUT2D eigenvalue weighted by Gasteiger charge is 2.30. The van der Waals surface area contributed by atoms with Crippen LogP contribution in [0.2, 0.25) is 0 Å². The summed E-state index contributed by atoms with van der Waals surface area (Å²) in [6.07, 6.45) is -4.50. The number of nitrogens with zero attached hydrogens (tertiary/aromatic N) is 1. The first-order chi connectivity index (χ1) is 14.6. The second-order valence-electron chi connectivity index (χ2n) is 6.55. The molecule has 0 atom stereocenters. The summed E-state index contributed by atoms with van der Waals surface area (Å²) in [4.78, 5) is 29.5. The summed E-state index contributed by atoms with van der Waals surface area (Å²) in [5.74, 6) is -0.616. The Morgan fingerprint density at radius 1 is 1.06 bits per heavy atom. The molecule has 0 saturated heterocycles. The van der Waals surface area contributed by atoms with E-state index in [-0.39, 0.29) is 11.6 Å². The van der Waals surface area contributed by atoms with Gasteiger partial charge in [-0.3, -0.25) is 14.9 Å². The number of thiazole rings is 1. The fourth-order valence-corrected chi connectivity index (χ4v) is 3.33. The third kappa shape index (κ3) is 6.05. The molecule has 0 aliphatic rings. The van der Waals surface area contributed by atoms with Crippen LogP contribution >= 0.6 is 11.3 Å². The standard InChI is InChI=1S/C21H18F3N3O3S/c1-12-13(2)31-20(25-12)27-19(29)14-6-8-17(9-7-14)30-11-18(28)26-16-5-3-4-15(10-16)21(22,23)24/h3-10H,11H2,1-2H3,(H,26,28)(H,25,27,29). The zero-order chi connectivity index (χ0) is 22.6. The van der Waals surface area contributed by atoms with E-state index in [1.165, 1.54) is 47.7 Å². The number of carbonyl (C=O) groups is 2. The fourth-order valence-electron chi connectivity index (χ4n) is 2.52. The number of nitrogens with one attached hydrogen (secondary N) is 2. The molecule has 10 heteroatoms. The van der Waals surface area contributed by atoms with Gasteiger partial charge in [0, 0.05) is 16.1 Å². The number of carbonyl (C=O) groups excluding carboxylic acids is 2. The van der Waals surface area contributed by atoms with Crippen LogP contribution in [0.1, 0.15) is 26.5 Å². The highest BCUT2D eigenvalue weighted by Crippen LogP contribution is 2.30. The van der Waals surface area contributed by atoms with Crippen molar-refractivity contribution in [2.75, 3.05) is 17.2 Å². The van der Waals surface area contributed by atoms with Gasteiger partial charge in [-0.2, -0.15) is 13.2 Å². The Balaban J connectivity index is 1.53. The van der Waals surface area contributed by atoms with Crippen molar-refractivity contribution in [1.82, 2.24) is 4.98 Å². The van der Waals surface area contributed by atoms with Gasteiger partial charge in [0.25, 0.3) is 11.8 Å². The average Bonchev–Trinajstić information content (AvgIpc) is 3.03. The van der Waals surface area contributed by atoms with Gasteiger partial charge in [-0.05, 0) is 56.3 Å². The number of anilines is 2. The second kappa shape index (κ2) is 9.17. The molecule has 0 bridgehead atoms. The number of halogens is 3. The molecule has 0 radical (unpaired) electrons. The van der Waals surface area contributed by atoms with Crippen molar-refractivity contribution in [3.63, 3.8) is 0 Å². The normalized spacial score (nSPS) is 11.1. The summed E-state index contributed by atoms with van der Waals surface area (Å²) >= 11 is 1.38. The minimum absolute atomic E-state index is 0.0168. The molecule has 0 unspecified atom stereocenters. The summed E-state index contributed by atoms with van der Waals surface area (Å²) in [6, 6.07) is 10.4. The van der Waals surface area contributed by atoms with Crippen molar-refractivity contribution in [2.24, 2.45) is 0 Å². The van der Waals surface area contributed by atoms with Crippen molar-refractivity contribution < 1.29 is 27.5 Å². The van der Waals surface area contributed by atoms with Crippen molar-refractivity contribution in [2.45, 2.75) is 20.0 Å². The number of alkyl halides is 3. The zero-order valence-corrected chi connectivity index (χ0v) is 17.4. The van der Waals surface area contributed by atoms with Gasteiger partial charge >= 0.3 is 6.18 Å². The van der Waals surface area contributed by atoms with Gasteiger partial charge < -0.3 is 10.1 Å². The molecule has 162 valence electrons. The number of rotatable bonds is 6. The Labute approximate surface area is 180 Å². The Morgan fingerprint density at radius 3 is 2.39 bits per heavy atom. The highest BCUT2D eigenvalue weighted by molar-refractivity contribution is 7.15. The fraction of sp³-hybridized carbons (Fsp3) is 0.190. The van der Waals surface area contributed by atoms with E-state index in [0.717, 1.165) is 22.7 Å². The predicted octanol–water partition coefficient (Wildman–Crippen LogP) is 5.05. The number of aryl methyl sites for hydroxylation is 2. The average molecular weight is 449 g/mol. The van der Waals surface area contributed by atoms with Gasteiger partial charge in [0.2, 0.25) is 0 Å². The van der Waals surface area contributed by atoms with Gasteiger partial charge in [0.1, 0.15) is 5.75 Å². The molecule has 2 N–H and O–H groups in total. The van der Waals surface area contributed by atoms with Gasteiger partial charge in [0.05, 0.1) is 11.3 Å². The lowest BCUT2D eigenvalue weighted by Gasteiger charge is -2.10. The van der Waals surface area contributed by atoms with Gasteiger partial charge in [0.15, 0.2) is 11.7 Å². The molecule has 1 heterocycles. The number of aromatic nitrogens is 1. The van der Waals surface area contributed by atoms with E-state index in [1.54, 1.807) is 0 Å². The van der Waals surface area contributed by atoms with Crippen molar-refractivity contribution in [1.29, 1.82) is 0 Å².